The fraction of sp³-hybridized carbons (Fsp3) is 0. The van der Waals surface area contributed by atoms with Crippen LogP contribution in [0.25, 0.3) is 0 Å². The van der Waals surface area contributed by atoms with Crippen molar-refractivity contribution < 1.29 is 4.79 Å². The number of pyridine rings is 1. The van der Waals surface area contributed by atoms with Gasteiger partial charge in [0.2, 0.25) is 0 Å². The monoisotopic (exact) mass is 335 g/mol. The molecule has 1 aromatic carbocycles. The third kappa shape index (κ3) is 3.31. The molecule has 0 aliphatic rings. The van der Waals surface area contributed by atoms with E-state index >= 15 is 0 Å². The maximum atomic E-state index is 12.0. The number of benzene rings is 1. The van der Waals surface area contributed by atoms with Crippen LogP contribution in [-0.4, -0.2) is 10.9 Å². The van der Waals surface area contributed by atoms with Crippen molar-refractivity contribution in [2.24, 2.45) is 0 Å². The predicted octanol–water partition coefficient (Wildman–Crippen LogP) is 3.62. The van der Waals surface area contributed by atoms with Gasteiger partial charge in [-0.3, -0.25) is 4.79 Å². The molecule has 1 aromatic heterocycles. The second-order valence-electron chi connectivity index (χ2n) is 3.64. The summed E-state index contributed by atoms with van der Waals surface area (Å²) in [6.45, 7) is 0. The molecular weight excluding hydrogens is 330 g/mol. The van der Waals surface area contributed by atoms with Crippen LogP contribution in [0.3, 0.4) is 0 Å². The molecule has 1 amide bonds. The van der Waals surface area contributed by atoms with Gasteiger partial charge in [-0.25, -0.2) is 4.98 Å². The summed E-state index contributed by atoms with van der Waals surface area (Å²) in [5.41, 5.74) is 1.21. The van der Waals surface area contributed by atoms with Crippen LogP contribution in [0.2, 0.25) is 5.15 Å². The third-order valence-corrected chi connectivity index (χ3v) is 3.04. The van der Waals surface area contributed by atoms with Gasteiger partial charge in [-0.2, -0.15) is 5.26 Å². The van der Waals surface area contributed by atoms with Crippen molar-refractivity contribution in [2.75, 3.05) is 5.32 Å². The van der Waals surface area contributed by atoms with E-state index in [9.17, 15) is 4.79 Å². The summed E-state index contributed by atoms with van der Waals surface area (Å²) >= 11 is 9.14. The molecule has 2 aromatic rings. The Morgan fingerprint density at radius 1 is 1.42 bits per heavy atom. The number of amides is 1. The first-order valence-electron chi connectivity index (χ1n) is 5.22. The summed E-state index contributed by atoms with van der Waals surface area (Å²) in [6.07, 6.45) is 1.54. The number of nitriles is 1. The highest BCUT2D eigenvalue weighted by molar-refractivity contribution is 9.10. The van der Waals surface area contributed by atoms with Gasteiger partial charge in [0.1, 0.15) is 0 Å². The Hall–Kier alpha value is -1.90. The Bertz CT molecular complexity index is 682. The topological polar surface area (TPSA) is 65.8 Å². The van der Waals surface area contributed by atoms with Gasteiger partial charge < -0.3 is 5.32 Å². The van der Waals surface area contributed by atoms with Crippen molar-refractivity contribution in [1.29, 1.82) is 5.26 Å². The maximum Gasteiger partial charge on any atom is 0.255 e. The van der Waals surface area contributed by atoms with Crippen molar-refractivity contribution in [1.82, 2.24) is 4.98 Å². The van der Waals surface area contributed by atoms with Crippen LogP contribution in [0.15, 0.2) is 41.0 Å². The Balaban J connectivity index is 2.26. The SMILES string of the molecule is N#Cc1cccc(C(=O)Nc2cc(Br)cnc2Cl)c1. The van der Waals surface area contributed by atoms with Gasteiger partial charge in [0, 0.05) is 16.2 Å². The Morgan fingerprint density at radius 3 is 2.95 bits per heavy atom. The van der Waals surface area contributed by atoms with Crippen LogP contribution < -0.4 is 5.32 Å². The van der Waals surface area contributed by atoms with Crippen molar-refractivity contribution in [2.45, 2.75) is 0 Å². The summed E-state index contributed by atoms with van der Waals surface area (Å²) in [4.78, 5) is 15.9. The lowest BCUT2D eigenvalue weighted by Gasteiger charge is -2.07. The molecule has 0 radical (unpaired) electrons. The van der Waals surface area contributed by atoms with Crippen molar-refractivity contribution in [3.05, 3.63) is 57.3 Å². The number of anilines is 1. The summed E-state index contributed by atoms with van der Waals surface area (Å²) in [7, 11) is 0. The van der Waals surface area contributed by atoms with Crippen molar-refractivity contribution in [3.8, 4) is 6.07 Å². The number of carbonyl (C=O) groups excluding carboxylic acids is 1. The molecule has 0 saturated carbocycles. The van der Waals surface area contributed by atoms with Gasteiger partial charge in [-0.15, -0.1) is 0 Å². The number of nitrogens with zero attached hydrogens (tertiary/aromatic N) is 2. The first-order chi connectivity index (χ1) is 9.10. The number of hydrogen-bond donors (Lipinski definition) is 1. The van der Waals surface area contributed by atoms with Crippen molar-refractivity contribution >= 4 is 39.1 Å². The summed E-state index contributed by atoms with van der Waals surface area (Å²) in [5.74, 6) is -0.348. The molecule has 0 aliphatic carbocycles. The van der Waals surface area contributed by atoms with E-state index in [1.54, 1.807) is 24.3 Å². The van der Waals surface area contributed by atoms with E-state index in [-0.39, 0.29) is 11.1 Å². The molecule has 0 spiro atoms. The Kier molecular flexibility index (Phi) is 4.15. The largest absolute Gasteiger partial charge is 0.319 e. The molecular formula is C13H7BrClN3O. The van der Waals surface area contributed by atoms with Gasteiger partial charge in [0.25, 0.3) is 5.91 Å². The number of halogens is 2. The predicted molar refractivity (Wildman–Crippen MR) is 76.1 cm³/mol. The number of hydrogen-bond acceptors (Lipinski definition) is 3. The highest BCUT2D eigenvalue weighted by Crippen LogP contribution is 2.23. The number of rotatable bonds is 2. The Morgan fingerprint density at radius 2 is 2.21 bits per heavy atom. The first-order valence-corrected chi connectivity index (χ1v) is 6.40. The number of carbonyl (C=O) groups is 1. The van der Waals surface area contributed by atoms with E-state index < -0.39 is 0 Å². The fourth-order valence-electron chi connectivity index (χ4n) is 1.43. The molecule has 6 heteroatoms. The molecule has 0 bridgehead atoms. The zero-order chi connectivity index (χ0) is 13.8. The molecule has 4 nitrogen and oxygen atoms in total. The Labute approximate surface area is 123 Å². The van der Waals surface area contributed by atoms with Crippen LogP contribution >= 0.6 is 27.5 Å². The summed E-state index contributed by atoms with van der Waals surface area (Å²) < 4.78 is 0.706. The van der Waals surface area contributed by atoms with Gasteiger partial charge in [0.15, 0.2) is 5.15 Å². The molecule has 19 heavy (non-hydrogen) atoms. The second kappa shape index (κ2) is 5.83. The van der Waals surface area contributed by atoms with Crippen LogP contribution in [0.4, 0.5) is 5.69 Å². The van der Waals surface area contributed by atoms with Crippen LogP contribution in [0.1, 0.15) is 15.9 Å². The van der Waals surface area contributed by atoms with Gasteiger partial charge >= 0.3 is 0 Å². The van der Waals surface area contributed by atoms with Crippen LogP contribution in [0, 0.1) is 11.3 Å². The summed E-state index contributed by atoms with van der Waals surface area (Å²) in [6, 6.07) is 10.0. The zero-order valence-corrected chi connectivity index (χ0v) is 11.9. The molecule has 2 rings (SSSR count). The van der Waals surface area contributed by atoms with Crippen LogP contribution in [-0.2, 0) is 0 Å². The third-order valence-electron chi connectivity index (χ3n) is 2.31. The van der Waals surface area contributed by atoms with Crippen LogP contribution in [0.5, 0.6) is 0 Å². The number of nitrogens with one attached hydrogen (secondary N) is 1. The normalized spacial score (nSPS) is 9.74. The highest BCUT2D eigenvalue weighted by Gasteiger charge is 2.10. The fourth-order valence-corrected chi connectivity index (χ4v) is 1.92. The standard InChI is InChI=1S/C13H7BrClN3O/c14-10-5-11(12(15)17-7-10)18-13(19)9-3-1-2-8(4-9)6-16/h1-5,7H,(H,18,19). The molecule has 0 unspecified atom stereocenters. The average molecular weight is 337 g/mol. The number of aromatic nitrogens is 1. The van der Waals surface area contributed by atoms with Gasteiger partial charge in [0.05, 0.1) is 17.3 Å². The zero-order valence-electron chi connectivity index (χ0n) is 9.52. The van der Waals surface area contributed by atoms with Crippen molar-refractivity contribution in [3.63, 3.8) is 0 Å². The highest BCUT2D eigenvalue weighted by atomic mass is 79.9. The van der Waals surface area contributed by atoms with E-state index in [1.807, 2.05) is 6.07 Å². The molecule has 94 valence electrons. The molecule has 0 fully saturated rings. The molecule has 0 aliphatic heterocycles. The minimum absolute atomic E-state index is 0.202. The van der Waals surface area contributed by atoms with E-state index in [0.717, 1.165) is 0 Å². The smallest absolute Gasteiger partial charge is 0.255 e. The van der Waals surface area contributed by atoms with Gasteiger partial charge in [-0.1, -0.05) is 17.7 Å². The molecule has 0 saturated heterocycles. The van der Waals surface area contributed by atoms with E-state index in [1.165, 1.54) is 12.3 Å². The first kappa shape index (κ1) is 13.5. The maximum absolute atomic E-state index is 12.0. The second-order valence-corrected chi connectivity index (χ2v) is 4.91. The van der Waals surface area contributed by atoms with E-state index in [2.05, 4.69) is 26.2 Å². The lowest BCUT2D eigenvalue weighted by Crippen LogP contribution is -2.12. The molecule has 1 heterocycles. The average Bonchev–Trinajstić information content (AvgIpc) is 2.43. The minimum atomic E-state index is -0.348. The molecule has 1 N–H and O–H groups in total. The molecule has 0 atom stereocenters. The quantitative estimate of drug-likeness (QED) is 0.852. The summed E-state index contributed by atoms with van der Waals surface area (Å²) in [5, 5.41) is 11.6. The van der Waals surface area contributed by atoms with Gasteiger partial charge in [-0.05, 0) is 40.2 Å². The minimum Gasteiger partial charge on any atom is -0.319 e. The lowest BCUT2D eigenvalue weighted by molar-refractivity contribution is 0.102. The lowest BCUT2D eigenvalue weighted by atomic mass is 10.1. The van der Waals surface area contributed by atoms with E-state index in [0.29, 0.717) is 21.3 Å². The van der Waals surface area contributed by atoms with E-state index in [4.69, 9.17) is 16.9 Å².